The summed E-state index contributed by atoms with van der Waals surface area (Å²) in [6.07, 6.45) is -0.894. The quantitative estimate of drug-likeness (QED) is 0.472. The molecule has 172 valence electrons. The minimum Gasteiger partial charge on any atom is -0.496 e. The lowest BCUT2D eigenvalue weighted by Crippen LogP contribution is -2.41. The first-order valence-electron chi connectivity index (χ1n) is 10.3. The van der Waals surface area contributed by atoms with Crippen LogP contribution < -0.4 is 14.2 Å². The van der Waals surface area contributed by atoms with Crippen molar-refractivity contribution >= 4 is 23.0 Å². The molecule has 0 unspecified atom stereocenters. The van der Waals surface area contributed by atoms with E-state index < -0.39 is 24.2 Å². The molecule has 2 aromatic rings. The van der Waals surface area contributed by atoms with E-state index in [1.807, 2.05) is 26.0 Å². The summed E-state index contributed by atoms with van der Waals surface area (Å²) in [6.45, 7) is 9.50. The SMILES string of the molecule is C=C(C)OC(=O)N1C[C@H](Oc2cc(OCC)nc3c(C)c(OC)ccc23)C[C@H]1C(=O)OC. The van der Waals surface area contributed by atoms with Crippen molar-refractivity contribution in [2.75, 3.05) is 27.4 Å². The maximum Gasteiger partial charge on any atom is 0.415 e. The van der Waals surface area contributed by atoms with Crippen LogP contribution in [0.3, 0.4) is 0 Å². The van der Waals surface area contributed by atoms with E-state index in [1.54, 1.807) is 20.1 Å². The first kappa shape index (κ1) is 23.2. The summed E-state index contributed by atoms with van der Waals surface area (Å²) >= 11 is 0. The van der Waals surface area contributed by atoms with Crippen LogP contribution >= 0.6 is 0 Å². The van der Waals surface area contributed by atoms with Crippen LogP contribution in [0.5, 0.6) is 17.4 Å². The molecule has 0 radical (unpaired) electrons. The summed E-state index contributed by atoms with van der Waals surface area (Å²) in [5.74, 6) is 1.34. The number of carbonyl (C=O) groups excluding carboxylic acids is 2. The molecule has 2 atom stereocenters. The number of aryl methyl sites for hydroxylation is 1. The van der Waals surface area contributed by atoms with Crippen molar-refractivity contribution in [2.24, 2.45) is 0 Å². The van der Waals surface area contributed by atoms with Crippen molar-refractivity contribution in [2.45, 2.75) is 39.3 Å². The van der Waals surface area contributed by atoms with Crippen LogP contribution in [0.25, 0.3) is 10.9 Å². The van der Waals surface area contributed by atoms with E-state index in [0.29, 0.717) is 29.5 Å². The minimum absolute atomic E-state index is 0.148. The number of ether oxygens (including phenoxy) is 5. The monoisotopic (exact) mass is 444 g/mol. The van der Waals surface area contributed by atoms with Gasteiger partial charge in [-0.3, -0.25) is 4.90 Å². The third kappa shape index (κ3) is 4.71. The Labute approximate surface area is 186 Å². The number of hydrogen-bond donors (Lipinski definition) is 0. The molecule has 1 saturated heterocycles. The number of amides is 1. The van der Waals surface area contributed by atoms with Crippen molar-refractivity contribution in [3.8, 4) is 17.4 Å². The summed E-state index contributed by atoms with van der Waals surface area (Å²) in [4.78, 5) is 30.7. The molecular weight excluding hydrogens is 416 g/mol. The average molecular weight is 444 g/mol. The first-order valence-corrected chi connectivity index (χ1v) is 10.3. The van der Waals surface area contributed by atoms with Gasteiger partial charge in [0.25, 0.3) is 0 Å². The summed E-state index contributed by atoms with van der Waals surface area (Å²) < 4.78 is 27.3. The fraction of sp³-hybridized carbons (Fsp3) is 0.435. The van der Waals surface area contributed by atoms with Gasteiger partial charge in [-0.25, -0.2) is 14.6 Å². The molecule has 0 spiro atoms. The fourth-order valence-corrected chi connectivity index (χ4v) is 3.73. The predicted octanol–water partition coefficient (Wildman–Crippen LogP) is 3.62. The largest absolute Gasteiger partial charge is 0.496 e. The molecule has 0 saturated carbocycles. The molecule has 3 rings (SSSR count). The number of aromatic nitrogens is 1. The third-order valence-electron chi connectivity index (χ3n) is 5.16. The summed E-state index contributed by atoms with van der Waals surface area (Å²) in [6, 6.07) is 4.59. The smallest absolute Gasteiger partial charge is 0.415 e. The van der Waals surface area contributed by atoms with E-state index in [-0.39, 0.29) is 18.7 Å². The zero-order valence-corrected chi connectivity index (χ0v) is 19.0. The molecule has 1 aliphatic rings. The summed E-state index contributed by atoms with van der Waals surface area (Å²) in [5.41, 5.74) is 1.54. The number of fused-ring (bicyclic) bond motifs is 1. The molecule has 1 fully saturated rings. The van der Waals surface area contributed by atoms with Gasteiger partial charge < -0.3 is 23.7 Å². The Kier molecular flexibility index (Phi) is 7.07. The number of esters is 1. The third-order valence-corrected chi connectivity index (χ3v) is 5.16. The van der Waals surface area contributed by atoms with Gasteiger partial charge in [0.2, 0.25) is 5.88 Å². The van der Waals surface area contributed by atoms with Crippen molar-refractivity contribution in [1.82, 2.24) is 9.88 Å². The van der Waals surface area contributed by atoms with Crippen molar-refractivity contribution in [3.05, 3.63) is 36.1 Å². The molecular formula is C23H28N2O7. The second kappa shape index (κ2) is 9.76. The molecule has 1 aromatic heterocycles. The van der Waals surface area contributed by atoms with Crippen LogP contribution in [0.15, 0.2) is 30.5 Å². The number of pyridine rings is 1. The second-order valence-corrected chi connectivity index (χ2v) is 7.42. The zero-order valence-electron chi connectivity index (χ0n) is 19.0. The predicted molar refractivity (Wildman–Crippen MR) is 117 cm³/mol. The maximum absolute atomic E-state index is 12.5. The van der Waals surface area contributed by atoms with Gasteiger partial charge in [0.1, 0.15) is 23.6 Å². The number of hydrogen-bond acceptors (Lipinski definition) is 8. The van der Waals surface area contributed by atoms with E-state index >= 15 is 0 Å². The standard InChI is InChI=1S/C23H28N2O7/c1-7-30-20-11-19(16-8-9-18(28-5)14(4)21(16)24-20)32-15-10-17(22(26)29-6)25(12-15)23(27)31-13(2)3/h8-9,11,15,17H,2,7,10,12H2,1,3-6H3/t15-,17+/m1/s1. The highest BCUT2D eigenvalue weighted by atomic mass is 16.6. The van der Waals surface area contributed by atoms with E-state index in [0.717, 1.165) is 10.9 Å². The Morgan fingerprint density at radius 3 is 2.62 bits per heavy atom. The number of benzene rings is 1. The van der Waals surface area contributed by atoms with E-state index in [9.17, 15) is 9.59 Å². The van der Waals surface area contributed by atoms with Gasteiger partial charge in [0, 0.05) is 23.4 Å². The molecule has 1 aliphatic heterocycles. The number of likely N-dealkylation sites (tertiary alicyclic amines) is 1. The lowest BCUT2D eigenvalue weighted by atomic mass is 10.1. The normalized spacial score (nSPS) is 17.7. The van der Waals surface area contributed by atoms with E-state index in [1.165, 1.54) is 12.0 Å². The lowest BCUT2D eigenvalue weighted by molar-refractivity contribution is -0.145. The molecule has 2 heterocycles. The topological polar surface area (TPSA) is 96.4 Å². The van der Waals surface area contributed by atoms with Crippen LogP contribution in [0.4, 0.5) is 4.79 Å². The Hall–Kier alpha value is -3.49. The minimum atomic E-state index is -0.821. The highest BCUT2D eigenvalue weighted by Crippen LogP contribution is 2.36. The number of methoxy groups -OCH3 is 2. The molecule has 1 amide bonds. The van der Waals surface area contributed by atoms with Crippen molar-refractivity contribution in [3.63, 3.8) is 0 Å². The Bertz CT molecular complexity index is 1040. The van der Waals surface area contributed by atoms with Gasteiger partial charge in [0.05, 0.1) is 38.6 Å². The maximum atomic E-state index is 12.5. The van der Waals surface area contributed by atoms with Gasteiger partial charge in [-0.2, -0.15) is 0 Å². The van der Waals surface area contributed by atoms with Crippen LogP contribution in [0.1, 0.15) is 25.8 Å². The van der Waals surface area contributed by atoms with Gasteiger partial charge in [-0.1, -0.05) is 6.58 Å². The summed E-state index contributed by atoms with van der Waals surface area (Å²) in [5, 5.41) is 0.768. The number of allylic oxidation sites excluding steroid dienone is 1. The van der Waals surface area contributed by atoms with Gasteiger partial charge in [-0.15, -0.1) is 0 Å². The number of rotatable bonds is 7. The Morgan fingerprint density at radius 1 is 1.25 bits per heavy atom. The van der Waals surface area contributed by atoms with Crippen LogP contribution in [-0.4, -0.2) is 61.5 Å². The summed E-state index contributed by atoms with van der Waals surface area (Å²) in [7, 11) is 2.88. The van der Waals surface area contributed by atoms with Crippen LogP contribution in [-0.2, 0) is 14.3 Å². The zero-order chi connectivity index (χ0) is 23.4. The number of carbonyl (C=O) groups is 2. The van der Waals surface area contributed by atoms with Crippen LogP contribution in [0.2, 0.25) is 0 Å². The van der Waals surface area contributed by atoms with Crippen molar-refractivity contribution in [1.29, 1.82) is 0 Å². The van der Waals surface area contributed by atoms with E-state index in [4.69, 9.17) is 23.7 Å². The second-order valence-electron chi connectivity index (χ2n) is 7.42. The number of nitrogens with zero attached hydrogens (tertiary/aromatic N) is 2. The van der Waals surface area contributed by atoms with Gasteiger partial charge in [0.15, 0.2) is 0 Å². The Balaban J connectivity index is 1.95. The first-order chi connectivity index (χ1) is 15.3. The van der Waals surface area contributed by atoms with E-state index in [2.05, 4.69) is 11.6 Å². The molecule has 9 nitrogen and oxygen atoms in total. The lowest BCUT2D eigenvalue weighted by Gasteiger charge is -2.21. The average Bonchev–Trinajstić information content (AvgIpc) is 3.18. The molecule has 1 aromatic carbocycles. The molecule has 0 aliphatic carbocycles. The highest BCUT2D eigenvalue weighted by molar-refractivity contribution is 5.90. The van der Waals surface area contributed by atoms with Gasteiger partial charge in [-0.05, 0) is 32.9 Å². The van der Waals surface area contributed by atoms with Crippen molar-refractivity contribution < 1.29 is 33.3 Å². The molecule has 9 heteroatoms. The highest BCUT2D eigenvalue weighted by Gasteiger charge is 2.42. The Morgan fingerprint density at radius 2 is 2.00 bits per heavy atom. The fourth-order valence-electron chi connectivity index (χ4n) is 3.73. The molecule has 0 bridgehead atoms. The molecule has 32 heavy (non-hydrogen) atoms. The van der Waals surface area contributed by atoms with Gasteiger partial charge >= 0.3 is 12.1 Å². The van der Waals surface area contributed by atoms with Crippen LogP contribution in [0, 0.1) is 6.92 Å². The molecule has 0 N–H and O–H groups in total.